The second-order valence-corrected chi connectivity index (χ2v) is 7.12. The first kappa shape index (κ1) is 14.2. The molecule has 2 rings (SSSR count). The number of ketones is 1. The summed E-state index contributed by atoms with van der Waals surface area (Å²) in [5.74, 6) is 0.249. The number of carbonyl (C=O) groups excluding carboxylic acids is 1. The molecule has 1 heterocycles. The summed E-state index contributed by atoms with van der Waals surface area (Å²) in [4.78, 5) is 13.9. The van der Waals surface area contributed by atoms with E-state index in [1.165, 1.54) is 9.13 Å². The van der Waals surface area contributed by atoms with E-state index in [2.05, 4.69) is 50.7 Å². The summed E-state index contributed by atoms with van der Waals surface area (Å²) in [5, 5.41) is 0. The van der Waals surface area contributed by atoms with Crippen LogP contribution in [-0.4, -0.2) is 5.78 Å². The van der Waals surface area contributed by atoms with Gasteiger partial charge in [-0.25, -0.2) is 0 Å². The van der Waals surface area contributed by atoms with Gasteiger partial charge < -0.3 is 0 Å². The molecule has 4 heteroatoms. The van der Waals surface area contributed by atoms with E-state index in [9.17, 15) is 4.79 Å². The molecule has 1 aromatic carbocycles. The van der Waals surface area contributed by atoms with Gasteiger partial charge in [0.05, 0.1) is 4.88 Å². The molecule has 18 heavy (non-hydrogen) atoms. The molecule has 0 aliphatic carbocycles. The lowest BCUT2D eigenvalue weighted by atomic mass is 10.2. The first-order chi connectivity index (χ1) is 8.61. The predicted octanol–water partition coefficient (Wildman–Crippen LogP) is 5.77. The number of carbonyl (C=O) groups is 1. The highest BCUT2D eigenvalue weighted by Crippen LogP contribution is 2.33. The zero-order valence-corrected chi connectivity index (χ0v) is 14.4. The van der Waals surface area contributed by atoms with Crippen LogP contribution in [0.4, 0.5) is 0 Å². The van der Waals surface area contributed by atoms with Crippen LogP contribution < -0.4 is 0 Å². The maximum atomic E-state index is 11.8. The van der Waals surface area contributed by atoms with Crippen molar-refractivity contribution in [1.29, 1.82) is 0 Å². The lowest BCUT2D eigenvalue weighted by Gasteiger charge is -2.02. The van der Waals surface area contributed by atoms with Crippen molar-refractivity contribution in [3.05, 3.63) is 43.3 Å². The Hall–Kier alpha value is -0.200. The maximum Gasteiger partial charge on any atom is 0.172 e. The fraction of sp³-hybridized carbons (Fsp3) is 0.214. The van der Waals surface area contributed by atoms with Gasteiger partial charge >= 0.3 is 0 Å². The highest BCUT2D eigenvalue weighted by Gasteiger charge is 2.11. The lowest BCUT2D eigenvalue weighted by molar-refractivity contribution is 0.0985. The van der Waals surface area contributed by atoms with Gasteiger partial charge in [-0.3, -0.25) is 4.79 Å². The third kappa shape index (κ3) is 3.22. The summed E-state index contributed by atoms with van der Waals surface area (Å²) in [6, 6.07) is 10.2. The molecular weight excluding hydrogens is 423 g/mol. The van der Waals surface area contributed by atoms with Crippen LogP contribution >= 0.6 is 49.9 Å². The van der Waals surface area contributed by atoms with Crippen molar-refractivity contribution >= 4 is 55.6 Å². The highest BCUT2D eigenvalue weighted by molar-refractivity contribution is 14.1. The quantitative estimate of drug-likeness (QED) is 0.441. The molecule has 0 fully saturated rings. The van der Waals surface area contributed by atoms with Gasteiger partial charge in [-0.05, 0) is 59.3 Å². The van der Waals surface area contributed by atoms with Crippen LogP contribution in [0.3, 0.4) is 0 Å². The van der Waals surface area contributed by atoms with Crippen molar-refractivity contribution in [2.24, 2.45) is 0 Å². The van der Waals surface area contributed by atoms with Gasteiger partial charge in [0.25, 0.3) is 0 Å². The van der Waals surface area contributed by atoms with Gasteiger partial charge in [0.2, 0.25) is 0 Å². The van der Waals surface area contributed by atoms with Crippen molar-refractivity contribution in [3.8, 4) is 10.4 Å². The zero-order chi connectivity index (χ0) is 13.1. The Bertz CT molecular complexity index is 577. The van der Waals surface area contributed by atoms with E-state index in [4.69, 9.17) is 0 Å². The molecule has 0 radical (unpaired) electrons. The Morgan fingerprint density at radius 3 is 2.83 bits per heavy atom. The SMILES string of the molecule is CCCC(=O)c1ccc(-c2cc(Br)ccc2I)s1. The Balaban J connectivity index is 2.35. The van der Waals surface area contributed by atoms with Crippen molar-refractivity contribution in [2.45, 2.75) is 19.8 Å². The Kier molecular flexibility index (Phi) is 4.98. The zero-order valence-electron chi connectivity index (χ0n) is 9.87. The molecule has 1 aromatic heterocycles. The van der Waals surface area contributed by atoms with Crippen molar-refractivity contribution in [1.82, 2.24) is 0 Å². The number of thiophene rings is 1. The number of hydrogen-bond donors (Lipinski definition) is 0. The first-order valence-electron chi connectivity index (χ1n) is 5.70. The van der Waals surface area contributed by atoms with Crippen LogP contribution in [0.25, 0.3) is 10.4 Å². The van der Waals surface area contributed by atoms with Gasteiger partial charge in [0, 0.05) is 24.9 Å². The predicted molar refractivity (Wildman–Crippen MR) is 89.4 cm³/mol. The van der Waals surface area contributed by atoms with E-state index in [1.807, 2.05) is 25.1 Å². The average Bonchev–Trinajstić information content (AvgIpc) is 2.82. The minimum absolute atomic E-state index is 0.249. The Morgan fingerprint density at radius 2 is 2.11 bits per heavy atom. The van der Waals surface area contributed by atoms with Crippen LogP contribution in [0, 0.1) is 3.57 Å². The van der Waals surface area contributed by atoms with Crippen LogP contribution in [-0.2, 0) is 0 Å². The van der Waals surface area contributed by atoms with E-state index < -0.39 is 0 Å². The molecule has 0 aliphatic rings. The van der Waals surface area contributed by atoms with Crippen molar-refractivity contribution < 1.29 is 4.79 Å². The van der Waals surface area contributed by atoms with Gasteiger partial charge in [0.1, 0.15) is 0 Å². The largest absolute Gasteiger partial charge is 0.293 e. The number of halogens is 2. The van der Waals surface area contributed by atoms with Crippen molar-refractivity contribution in [2.75, 3.05) is 0 Å². The van der Waals surface area contributed by atoms with Crippen LogP contribution in [0.15, 0.2) is 34.8 Å². The second-order valence-electron chi connectivity index (χ2n) is 3.96. The molecular formula is C14H12BrIOS. The summed E-state index contributed by atoms with van der Waals surface area (Å²) in [6.45, 7) is 2.03. The number of Topliss-reactive ketones (excluding diaryl/α,β-unsaturated/α-hetero) is 1. The van der Waals surface area contributed by atoms with E-state index in [-0.39, 0.29) is 5.78 Å². The van der Waals surface area contributed by atoms with Gasteiger partial charge in [-0.1, -0.05) is 22.9 Å². The van der Waals surface area contributed by atoms with Gasteiger partial charge in [0.15, 0.2) is 5.78 Å². The normalized spacial score (nSPS) is 10.6. The fourth-order valence-corrected chi connectivity index (χ4v) is 3.84. The molecule has 0 unspecified atom stereocenters. The smallest absolute Gasteiger partial charge is 0.172 e. The topological polar surface area (TPSA) is 17.1 Å². The molecule has 0 aliphatic heterocycles. The molecule has 0 amide bonds. The standard InChI is InChI=1S/C14H12BrIOS/c1-2-3-12(17)14-7-6-13(18-14)10-8-9(15)4-5-11(10)16/h4-8H,2-3H2,1H3. The summed E-state index contributed by atoms with van der Waals surface area (Å²) in [5.41, 5.74) is 1.19. The number of rotatable bonds is 4. The molecule has 94 valence electrons. The first-order valence-corrected chi connectivity index (χ1v) is 8.39. The molecule has 0 saturated heterocycles. The van der Waals surface area contributed by atoms with E-state index in [1.54, 1.807) is 11.3 Å². The van der Waals surface area contributed by atoms with Crippen LogP contribution in [0.2, 0.25) is 0 Å². The second kappa shape index (κ2) is 6.30. The molecule has 0 N–H and O–H groups in total. The molecule has 0 spiro atoms. The summed E-state index contributed by atoms with van der Waals surface area (Å²) in [6.07, 6.45) is 1.54. The Labute approximate surface area is 133 Å². The van der Waals surface area contributed by atoms with E-state index in [0.29, 0.717) is 6.42 Å². The molecule has 0 bridgehead atoms. The van der Waals surface area contributed by atoms with Gasteiger partial charge in [-0.15, -0.1) is 11.3 Å². The minimum Gasteiger partial charge on any atom is -0.293 e. The molecule has 1 nitrogen and oxygen atoms in total. The maximum absolute atomic E-state index is 11.8. The summed E-state index contributed by atoms with van der Waals surface area (Å²) >= 11 is 7.40. The van der Waals surface area contributed by atoms with E-state index >= 15 is 0 Å². The van der Waals surface area contributed by atoms with E-state index in [0.717, 1.165) is 20.6 Å². The monoisotopic (exact) mass is 434 g/mol. The third-order valence-electron chi connectivity index (χ3n) is 2.55. The summed E-state index contributed by atoms with van der Waals surface area (Å²) in [7, 11) is 0. The molecule has 0 atom stereocenters. The molecule has 2 aromatic rings. The average molecular weight is 435 g/mol. The fourth-order valence-electron chi connectivity index (χ4n) is 1.67. The lowest BCUT2D eigenvalue weighted by Crippen LogP contribution is -1.93. The number of hydrogen-bond acceptors (Lipinski definition) is 2. The number of benzene rings is 1. The Morgan fingerprint density at radius 1 is 1.33 bits per heavy atom. The highest BCUT2D eigenvalue weighted by atomic mass is 127. The van der Waals surface area contributed by atoms with Crippen LogP contribution in [0.1, 0.15) is 29.4 Å². The third-order valence-corrected chi connectivity index (χ3v) is 5.15. The minimum atomic E-state index is 0.249. The van der Waals surface area contributed by atoms with Crippen molar-refractivity contribution in [3.63, 3.8) is 0 Å². The molecule has 0 saturated carbocycles. The van der Waals surface area contributed by atoms with Crippen LogP contribution in [0.5, 0.6) is 0 Å². The van der Waals surface area contributed by atoms with Gasteiger partial charge in [-0.2, -0.15) is 0 Å². The summed E-state index contributed by atoms with van der Waals surface area (Å²) < 4.78 is 2.26.